The van der Waals surface area contributed by atoms with Crippen LogP contribution in [0.5, 0.6) is 0 Å². The summed E-state index contributed by atoms with van der Waals surface area (Å²) in [6.07, 6.45) is 0.381. The maximum Gasteiger partial charge on any atom is 0.297 e. The van der Waals surface area contributed by atoms with Crippen molar-refractivity contribution in [3.05, 3.63) is 29.8 Å². The van der Waals surface area contributed by atoms with Crippen LogP contribution in [0.1, 0.15) is 25.3 Å². The molecule has 1 aliphatic rings. The summed E-state index contributed by atoms with van der Waals surface area (Å²) in [5.41, 5.74) is 0.972. The summed E-state index contributed by atoms with van der Waals surface area (Å²) >= 11 is 0. The summed E-state index contributed by atoms with van der Waals surface area (Å²) < 4.78 is 52.4. The molecule has 1 saturated heterocycles. The van der Waals surface area contributed by atoms with E-state index in [2.05, 4.69) is 0 Å². The lowest BCUT2D eigenvalue weighted by Crippen LogP contribution is -2.32. The number of sulfone groups is 1. The lowest BCUT2D eigenvalue weighted by atomic mass is 9.97. The van der Waals surface area contributed by atoms with Crippen molar-refractivity contribution < 1.29 is 21.0 Å². The SMILES string of the molecule is Cc1ccc(S(=O)(=O)OC(C)C2CCS(=O)(=O)CC2)cc1. The first kappa shape index (κ1) is 16.5. The van der Waals surface area contributed by atoms with Gasteiger partial charge in [0.1, 0.15) is 9.84 Å². The van der Waals surface area contributed by atoms with Crippen molar-refractivity contribution in [2.24, 2.45) is 5.92 Å². The predicted octanol–water partition coefficient (Wildman–Crippen LogP) is 1.91. The molecule has 2 rings (SSSR count). The highest BCUT2D eigenvalue weighted by molar-refractivity contribution is 7.91. The third-order valence-electron chi connectivity index (χ3n) is 3.85. The quantitative estimate of drug-likeness (QED) is 0.787. The molecule has 21 heavy (non-hydrogen) atoms. The summed E-state index contributed by atoms with van der Waals surface area (Å²) in [6, 6.07) is 6.47. The summed E-state index contributed by atoms with van der Waals surface area (Å²) in [6.45, 7) is 3.57. The zero-order valence-corrected chi connectivity index (χ0v) is 13.8. The molecule has 0 bridgehead atoms. The van der Waals surface area contributed by atoms with Crippen molar-refractivity contribution in [1.29, 1.82) is 0 Å². The smallest absolute Gasteiger partial charge is 0.263 e. The normalized spacial score (nSPS) is 21.0. The number of hydrogen-bond acceptors (Lipinski definition) is 5. The van der Waals surface area contributed by atoms with Crippen molar-refractivity contribution in [1.82, 2.24) is 0 Å². The Hall–Kier alpha value is -0.920. The highest BCUT2D eigenvalue weighted by Gasteiger charge is 2.31. The second-order valence-electron chi connectivity index (χ2n) is 5.56. The lowest BCUT2D eigenvalue weighted by Gasteiger charge is -2.27. The van der Waals surface area contributed by atoms with Gasteiger partial charge in [-0.1, -0.05) is 17.7 Å². The standard InChI is InChI=1S/C14H20O5S2/c1-11-3-5-14(6-4-11)21(17,18)19-12(2)13-7-9-20(15,16)10-8-13/h3-6,12-13H,7-10H2,1-2H3. The molecular weight excluding hydrogens is 312 g/mol. The molecule has 1 fully saturated rings. The van der Waals surface area contributed by atoms with Gasteiger partial charge in [-0.15, -0.1) is 0 Å². The molecule has 0 aromatic heterocycles. The summed E-state index contributed by atoms with van der Waals surface area (Å²) in [7, 11) is -6.76. The van der Waals surface area contributed by atoms with Crippen LogP contribution < -0.4 is 0 Å². The van der Waals surface area contributed by atoms with Crippen molar-refractivity contribution in [3.63, 3.8) is 0 Å². The largest absolute Gasteiger partial charge is 0.297 e. The average Bonchev–Trinajstić information content (AvgIpc) is 2.38. The molecule has 1 heterocycles. The van der Waals surface area contributed by atoms with Crippen LogP contribution in [0, 0.1) is 12.8 Å². The molecule has 1 unspecified atom stereocenters. The van der Waals surface area contributed by atoms with Crippen molar-refractivity contribution >= 4 is 20.0 Å². The minimum absolute atomic E-state index is 0.0475. The molecule has 118 valence electrons. The first-order valence-electron chi connectivity index (χ1n) is 6.90. The van der Waals surface area contributed by atoms with E-state index in [0.29, 0.717) is 12.8 Å². The van der Waals surface area contributed by atoms with Gasteiger partial charge in [0.05, 0.1) is 22.5 Å². The Morgan fingerprint density at radius 3 is 2.19 bits per heavy atom. The molecule has 5 nitrogen and oxygen atoms in total. The van der Waals surface area contributed by atoms with Gasteiger partial charge in [-0.2, -0.15) is 8.42 Å². The molecule has 0 amide bonds. The van der Waals surface area contributed by atoms with E-state index in [1.807, 2.05) is 6.92 Å². The Kier molecular flexibility index (Phi) is 4.75. The highest BCUT2D eigenvalue weighted by Crippen LogP contribution is 2.26. The first-order chi connectivity index (χ1) is 9.70. The van der Waals surface area contributed by atoms with E-state index >= 15 is 0 Å². The highest BCUT2D eigenvalue weighted by atomic mass is 32.2. The van der Waals surface area contributed by atoms with Gasteiger partial charge >= 0.3 is 0 Å². The molecule has 0 aliphatic carbocycles. The molecule has 1 aromatic carbocycles. The zero-order valence-electron chi connectivity index (χ0n) is 12.2. The third kappa shape index (κ3) is 4.28. The van der Waals surface area contributed by atoms with E-state index in [1.54, 1.807) is 19.1 Å². The lowest BCUT2D eigenvalue weighted by molar-refractivity contribution is 0.150. The summed E-state index contributed by atoms with van der Waals surface area (Å²) in [4.78, 5) is 0.128. The van der Waals surface area contributed by atoms with Gasteiger partial charge in [0.15, 0.2) is 0 Å². The van der Waals surface area contributed by atoms with Crippen LogP contribution in [0.3, 0.4) is 0 Å². The zero-order chi connectivity index (χ0) is 15.7. The summed E-state index contributed by atoms with van der Waals surface area (Å²) in [5.74, 6) is 0.167. The van der Waals surface area contributed by atoms with Gasteiger partial charge in [-0.05, 0) is 44.7 Å². The van der Waals surface area contributed by atoms with Gasteiger partial charge in [0.25, 0.3) is 10.1 Å². The van der Waals surface area contributed by atoms with E-state index in [1.165, 1.54) is 12.1 Å². The Balaban J connectivity index is 2.05. The second kappa shape index (κ2) is 6.06. The van der Waals surface area contributed by atoms with Crippen LogP contribution in [0.2, 0.25) is 0 Å². The Morgan fingerprint density at radius 2 is 1.67 bits per heavy atom. The molecule has 0 N–H and O–H groups in total. The van der Waals surface area contributed by atoms with Gasteiger partial charge < -0.3 is 0 Å². The van der Waals surface area contributed by atoms with E-state index in [-0.39, 0.29) is 22.3 Å². The van der Waals surface area contributed by atoms with Crippen molar-refractivity contribution in [2.45, 2.75) is 37.7 Å². The molecule has 0 saturated carbocycles. The van der Waals surface area contributed by atoms with Crippen LogP contribution in [-0.4, -0.2) is 34.4 Å². The van der Waals surface area contributed by atoms with Crippen molar-refractivity contribution in [3.8, 4) is 0 Å². The van der Waals surface area contributed by atoms with Crippen LogP contribution >= 0.6 is 0 Å². The van der Waals surface area contributed by atoms with Crippen LogP contribution in [0.15, 0.2) is 29.2 Å². The maximum atomic E-state index is 12.2. The predicted molar refractivity (Wildman–Crippen MR) is 80.3 cm³/mol. The van der Waals surface area contributed by atoms with Gasteiger partial charge in [0, 0.05) is 0 Å². The Labute approximate surface area is 126 Å². The molecule has 7 heteroatoms. The van der Waals surface area contributed by atoms with E-state index < -0.39 is 26.1 Å². The Bertz CT molecular complexity index is 675. The maximum absolute atomic E-state index is 12.2. The topological polar surface area (TPSA) is 77.5 Å². The molecule has 0 spiro atoms. The second-order valence-corrected chi connectivity index (χ2v) is 9.43. The molecular formula is C14H20O5S2. The minimum atomic E-state index is -3.80. The van der Waals surface area contributed by atoms with E-state index in [9.17, 15) is 16.8 Å². The van der Waals surface area contributed by atoms with Crippen LogP contribution in [0.25, 0.3) is 0 Å². The number of hydrogen-bond donors (Lipinski definition) is 0. The van der Waals surface area contributed by atoms with Gasteiger partial charge in [0.2, 0.25) is 0 Å². The molecule has 0 radical (unpaired) electrons. The molecule has 1 aromatic rings. The third-order valence-corrected chi connectivity index (χ3v) is 6.97. The fraction of sp³-hybridized carbons (Fsp3) is 0.571. The number of rotatable bonds is 4. The molecule has 1 atom stereocenters. The van der Waals surface area contributed by atoms with E-state index in [4.69, 9.17) is 4.18 Å². The molecule has 1 aliphatic heterocycles. The first-order valence-corrected chi connectivity index (χ1v) is 10.1. The Morgan fingerprint density at radius 1 is 1.14 bits per heavy atom. The number of aryl methyl sites for hydroxylation is 1. The monoisotopic (exact) mass is 332 g/mol. The van der Waals surface area contributed by atoms with Crippen LogP contribution in [0.4, 0.5) is 0 Å². The number of benzene rings is 1. The summed E-state index contributed by atoms with van der Waals surface area (Å²) in [5, 5.41) is 0. The minimum Gasteiger partial charge on any atom is -0.263 e. The van der Waals surface area contributed by atoms with Crippen molar-refractivity contribution in [2.75, 3.05) is 11.5 Å². The van der Waals surface area contributed by atoms with E-state index in [0.717, 1.165) is 5.56 Å². The van der Waals surface area contributed by atoms with Gasteiger partial charge in [-0.25, -0.2) is 8.42 Å². The van der Waals surface area contributed by atoms with Gasteiger partial charge in [-0.3, -0.25) is 4.18 Å². The van der Waals surface area contributed by atoms with Crippen LogP contribution in [-0.2, 0) is 24.1 Å². The fourth-order valence-electron chi connectivity index (χ4n) is 2.42. The fourth-order valence-corrected chi connectivity index (χ4v) is 5.08. The average molecular weight is 332 g/mol.